The van der Waals surface area contributed by atoms with Crippen molar-refractivity contribution in [2.45, 2.75) is 11.1 Å². The third-order valence-electron chi connectivity index (χ3n) is 3.77. The minimum atomic E-state index is -4.22. The highest BCUT2D eigenvalue weighted by Gasteiger charge is 2.19. The lowest BCUT2D eigenvalue weighted by Crippen LogP contribution is -1.98. The van der Waals surface area contributed by atoms with Crippen LogP contribution in [0.4, 0.5) is 0 Å². The molecule has 0 saturated carbocycles. The smallest absolute Gasteiger partial charge is 0.324 e. The molecule has 0 radical (unpaired) electrons. The molecule has 2 aromatic carbocycles. The Morgan fingerprint density at radius 2 is 1.76 bits per heavy atom. The van der Waals surface area contributed by atoms with E-state index in [1.165, 1.54) is 12.1 Å². The van der Waals surface area contributed by atoms with Crippen LogP contribution < -0.4 is 0 Å². The standard InChI is InChI=1S/C16H15BrNO5PS/c1-25(22,23)14-5-3-13(4-6-14)18-9-11(10-24(19,20)21)15-8-12(17)2-7-16(15)18/h2-9H,10H2,1H3,(H2,19,20,21). The zero-order chi connectivity index (χ0) is 18.4. The highest BCUT2D eigenvalue weighted by Crippen LogP contribution is 2.42. The molecule has 9 heteroatoms. The van der Waals surface area contributed by atoms with E-state index in [9.17, 15) is 22.8 Å². The van der Waals surface area contributed by atoms with E-state index in [4.69, 9.17) is 0 Å². The van der Waals surface area contributed by atoms with Crippen LogP contribution in [-0.4, -0.2) is 29.0 Å². The van der Waals surface area contributed by atoms with Crippen molar-refractivity contribution < 1.29 is 22.8 Å². The van der Waals surface area contributed by atoms with Gasteiger partial charge >= 0.3 is 7.60 Å². The molecule has 0 spiro atoms. The summed E-state index contributed by atoms with van der Waals surface area (Å²) < 4.78 is 37.2. The molecule has 0 aliphatic carbocycles. The highest BCUT2D eigenvalue weighted by atomic mass is 79.9. The molecule has 0 aliphatic rings. The molecular formula is C16H15BrNO5PS. The minimum absolute atomic E-state index is 0.214. The fourth-order valence-electron chi connectivity index (χ4n) is 2.69. The molecule has 0 unspecified atom stereocenters. The summed E-state index contributed by atoms with van der Waals surface area (Å²) in [6, 6.07) is 11.8. The maximum Gasteiger partial charge on any atom is 0.329 e. The first-order valence-corrected chi connectivity index (χ1v) is 11.7. The van der Waals surface area contributed by atoms with Gasteiger partial charge in [-0.15, -0.1) is 0 Å². The zero-order valence-corrected chi connectivity index (χ0v) is 16.4. The van der Waals surface area contributed by atoms with Gasteiger partial charge < -0.3 is 14.4 Å². The number of hydrogen-bond acceptors (Lipinski definition) is 3. The number of benzene rings is 2. The summed E-state index contributed by atoms with van der Waals surface area (Å²) >= 11 is 3.37. The Balaban J connectivity index is 2.18. The number of rotatable bonds is 4. The first-order valence-electron chi connectivity index (χ1n) is 7.19. The van der Waals surface area contributed by atoms with Gasteiger partial charge in [0.05, 0.1) is 16.6 Å². The molecule has 25 heavy (non-hydrogen) atoms. The summed E-state index contributed by atoms with van der Waals surface area (Å²) in [4.78, 5) is 18.9. The van der Waals surface area contributed by atoms with Gasteiger partial charge in [-0.1, -0.05) is 15.9 Å². The Morgan fingerprint density at radius 1 is 1.12 bits per heavy atom. The lowest BCUT2D eigenvalue weighted by atomic mass is 10.2. The molecule has 1 heterocycles. The van der Waals surface area contributed by atoms with Gasteiger partial charge in [-0.2, -0.15) is 0 Å². The Labute approximate surface area is 153 Å². The third-order valence-corrected chi connectivity index (χ3v) is 6.14. The van der Waals surface area contributed by atoms with Crippen LogP contribution in [0.1, 0.15) is 5.56 Å². The molecule has 0 atom stereocenters. The Kier molecular flexibility index (Phi) is 4.68. The number of aromatic nitrogens is 1. The average molecular weight is 444 g/mol. The van der Waals surface area contributed by atoms with Crippen molar-refractivity contribution in [1.82, 2.24) is 4.57 Å². The Hall–Kier alpha value is -1.44. The largest absolute Gasteiger partial charge is 0.329 e. The molecule has 0 fully saturated rings. The quantitative estimate of drug-likeness (QED) is 0.601. The lowest BCUT2D eigenvalue weighted by molar-refractivity contribution is 0.372. The summed E-state index contributed by atoms with van der Waals surface area (Å²) in [5.74, 6) is 0. The second-order valence-electron chi connectivity index (χ2n) is 5.77. The normalized spacial score (nSPS) is 12.6. The van der Waals surface area contributed by atoms with Gasteiger partial charge in [0, 0.05) is 28.0 Å². The molecule has 3 rings (SSSR count). The zero-order valence-electron chi connectivity index (χ0n) is 13.1. The molecule has 1 aromatic heterocycles. The fraction of sp³-hybridized carbons (Fsp3) is 0.125. The van der Waals surface area contributed by atoms with Crippen molar-refractivity contribution in [2.24, 2.45) is 0 Å². The number of fused-ring (bicyclic) bond motifs is 1. The van der Waals surface area contributed by atoms with Gasteiger partial charge in [-0.3, -0.25) is 4.57 Å². The van der Waals surface area contributed by atoms with Gasteiger partial charge in [0.1, 0.15) is 0 Å². The van der Waals surface area contributed by atoms with Gasteiger partial charge in [-0.05, 0) is 48.0 Å². The van der Waals surface area contributed by atoms with Crippen molar-refractivity contribution in [3.05, 3.63) is 58.7 Å². The van der Waals surface area contributed by atoms with Crippen molar-refractivity contribution in [1.29, 1.82) is 0 Å². The van der Waals surface area contributed by atoms with Crippen LogP contribution in [0, 0.1) is 0 Å². The third kappa shape index (κ3) is 4.04. The van der Waals surface area contributed by atoms with Crippen molar-refractivity contribution in [3.63, 3.8) is 0 Å². The second kappa shape index (κ2) is 6.37. The van der Waals surface area contributed by atoms with Gasteiger partial charge in [0.25, 0.3) is 0 Å². The van der Waals surface area contributed by atoms with Crippen LogP contribution in [-0.2, 0) is 20.6 Å². The molecule has 0 aliphatic heterocycles. The first kappa shape index (κ1) is 18.4. The summed E-state index contributed by atoms with van der Waals surface area (Å²) in [5, 5.41) is 0.727. The highest BCUT2D eigenvalue weighted by molar-refractivity contribution is 9.10. The molecule has 0 saturated heterocycles. The maximum atomic E-state index is 11.6. The van der Waals surface area contributed by atoms with Crippen LogP contribution in [0.5, 0.6) is 0 Å². The number of sulfone groups is 1. The SMILES string of the molecule is CS(=O)(=O)c1ccc(-n2cc(CP(=O)(O)O)c3cc(Br)ccc32)cc1. The van der Waals surface area contributed by atoms with Crippen LogP contribution in [0.25, 0.3) is 16.6 Å². The molecule has 132 valence electrons. The lowest BCUT2D eigenvalue weighted by Gasteiger charge is -2.06. The molecule has 0 bridgehead atoms. The van der Waals surface area contributed by atoms with E-state index in [2.05, 4.69) is 15.9 Å². The van der Waals surface area contributed by atoms with Gasteiger partial charge in [0.15, 0.2) is 9.84 Å². The summed E-state index contributed by atoms with van der Waals surface area (Å²) in [6.07, 6.45) is 2.45. The van der Waals surface area contributed by atoms with E-state index in [0.29, 0.717) is 11.3 Å². The predicted octanol–water partition coefficient (Wildman–Crippen LogP) is 3.47. The van der Waals surface area contributed by atoms with Crippen LogP contribution in [0.15, 0.2) is 58.0 Å². The molecule has 6 nitrogen and oxygen atoms in total. The predicted molar refractivity (Wildman–Crippen MR) is 99.8 cm³/mol. The van der Waals surface area contributed by atoms with Crippen molar-refractivity contribution in [2.75, 3.05) is 6.26 Å². The van der Waals surface area contributed by atoms with E-state index in [-0.39, 0.29) is 11.1 Å². The molecule has 3 aromatic rings. The topological polar surface area (TPSA) is 96.6 Å². The number of halogens is 1. The molecular weight excluding hydrogens is 429 g/mol. The van der Waals surface area contributed by atoms with Crippen LogP contribution >= 0.6 is 23.5 Å². The Morgan fingerprint density at radius 3 is 2.32 bits per heavy atom. The van der Waals surface area contributed by atoms with Crippen LogP contribution in [0.2, 0.25) is 0 Å². The maximum absolute atomic E-state index is 11.6. The van der Waals surface area contributed by atoms with E-state index < -0.39 is 17.4 Å². The summed E-state index contributed by atoms with van der Waals surface area (Å²) in [5.41, 5.74) is 2.01. The van der Waals surface area contributed by atoms with Crippen molar-refractivity contribution >= 4 is 44.3 Å². The van der Waals surface area contributed by atoms with E-state index >= 15 is 0 Å². The summed E-state index contributed by atoms with van der Waals surface area (Å²) in [6.45, 7) is 0. The number of hydrogen-bond donors (Lipinski definition) is 2. The van der Waals surface area contributed by atoms with E-state index in [0.717, 1.165) is 21.6 Å². The van der Waals surface area contributed by atoms with Crippen molar-refractivity contribution in [3.8, 4) is 5.69 Å². The summed E-state index contributed by atoms with van der Waals surface area (Å²) in [7, 11) is -7.51. The monoisotopic (exact) mass is 443 g/mol. The average Bonchev–Trinajstić information content (AvgIpc) is 2.83. The van der Waals surface area contributed by atoms with Gasteiger partial charge in [0.2, 0.25) is 0 Å². The van der Waals surface area contributed by atoms with E-state index in [1.807, 2.05) is 18.2 Å². The van der Waals surface area contributed by atoms with Gasteiger partial charge in [-0.25, -0.2) is 8.42 Å². The molecule has 2 N–H and O–H groups in total. The van der Waals surface area contributed by atoms with E-state index in [1.54, 1.807) is 22.9 Å². The first-order chi connectivity index (χ1) is 11.5. The minimum Gasteiger partial charge on any atom is -0.324 e. The Bertz CT molecular complexity index is 1100. The second-order valence-corrected chi connectivity index (χ2v) is 10.4. The molecule has 0 amide bonds. The fourth-order valence-corrected chi connectivity index (χ4v) is 4.37. The van der Waals surface area contributed by atoms with Crippen LogP contribution in [0.3, 0.4) is 0 Å². The number of nitrogens with zero attached hydrogens (tertiary/aromatic N) is 1.